The lowest BCUT2D eigenvalue weighted by molar-refractivity contribution is -0.137. The lowest BCUT2D eigenvalue weighted by atomic mass is 9.94. The van der Waals surface area contributed by atoms with Crippen molar-refractivity contribution in [2.75, 3.05) is 23.7 Å². The van der Waals surface area contributed by atoms with Crippen LogP contribution in [0.1, 0.15) is 25.3 Å². The third-order valence-electron chi connectivity index (χ3n) is 5.41. The van der Waals surface area contributed by atoms with Crippen LogP contribution in [0.4, 0.5) is 24.5 Å². The molecule has 5 nitrogen and oxygen atoms in total. The Labute approximate surface area is 183 Å². The molecule has 0 spiro atoms. The van der Waals surface area contributed by atoms with Crippen LogP contribution in [0.15, 0.2) is 48.5 Å². The van der Waals surface area contributed by atoms with Crippen molar-refractivity contribution in [3.63, 3.8) is 0 Å². The summed E-state index contributed by atoms with van der Waals surface area (Å²) in [6.07, 6.45) is -3.52. The Morgan fingerprint density at radius 2 is 1.71 bits per heavy atom. The molecule has 9 heteroatoms. The number of amides is 2. The molecule has 1 aliphatic rings. The molecule has 1 saturated heterocycles. The summed E-state index contributed by atoms with van der Waals surface area (Å²) < 4.78 is 39.8. The molecule has 1 heterocycles. The van der Waals surface area contributed by atoms with Gasteiger partial charge in [0.25, 0.3) is 0 Å². The van der Waals surface area contributed by atoms with Gasteiger partial charge in [0, 0.05) is 16.6 Å². The molecule has 0 unspecified atom stereocenters. The van der Waals surface area contributed by atoms with Gasteiger partial charge >= 0.3 is 6.18 Å². The van der Waals surface area contributed by atoms with E-state index in [-0.39, 0.29) is 22.5 Å². The predicted molar refractivity (Wildman–Crippen MR) is 114 cm³/mol. The van der Waals surface area contributed by atoms with E-state index in [0.29, 0.717) is 25.9 Å². The Morgan fingerprint density at radius 1 is 1.06 bits per heavy atom. The van der Waals surface area contributed by atoms with Crippen molar-refractivity contribution in [3.8, 4) is 0 Å². The summed E-state index contributed by atoms with van der Waals surface area (Å²) in [5.41, 5.74) is -0.589. The normalized spacial score (nSPS) is 16.5. The SMILES string of the molecule is C[C@@H](C(=O)Nc1ccc(Cl)cc1C(F)(F)F)N1CCC(C(=O)Nc2ccccc2)CC1. The Balaban J connectivity index is 1.57. The van der Waals surface area contributed by atoms with E-state index in [1.54, 1.807) is 6.92 Å². The zero-order valence-electron chi connectivity index (χ0n) is 16.9. The van der Waals surface area contributed by atoms with Crippen molar-refractivity contribution in [1.29, 1.82) is 0 Å². The Hall–Kier alpha value is -2.58. The number of hydrogen-bond donors (Lipinski definition) is 2. The average Bonchev–Trinajstić information content (AvgIpc) is 2.74. The second-order valence-electron chi connectivity index (χ2n) is 7.52. The van der Waals surface area contributed by atoms with E-state index in [4.69, 9.17) is 11.6 Å². The minimum atomic E-state index is -4.64. The molecule has 1 atom stereocenters. The van der Waals surface area contributed by atoms with Crippen LogP contribution in [0, 0.1) is 5.92 Å². The van der Waals surface area contributed by atoms with Crippen LogP contribution in [0.5, 0.6) is 0 Å². The van der Waals surface area contributed by atoms with E-state index in [1.807, 2.05) is 35.2 Å². The van der Waals surface area contributed by atoms with Gasteiger partial charge in [-0.3, -0.25) is 14.5 Å². The number of alkyl halides is 3. The van der Waals surface area contributed by atoms with E-state index in [9.17, 15) is 22.8 Å². The van der Waals surface area contributed by atoms with E-state index >= 15 is 0 Å². The number of likely N-dealkylation sites (tertiary alicyclic amines) is 1. The van der Waals surface area contributed by atoms with Gasteiger partial charge in [-0.1, -0.05) is 29.8 Å². The molecule has 3 rings (SSSR count). The minimum Gasteiger partial charge on any atom is -0.326 e. The number of carbonyl (C=O) groups excluding carboxylic acids is 2. The predicted octanol–water partition coefficient (Wildman–Crippen LogP) is 5.04. The molecule has 1 fully saturated rings. The molecule has 2 N–H and O–H groups in total. The van der Waals surface area contributed by atoms with Crippen LogP contribution in [-0.4, -0.2) is 35.8 Å². The topological polar surface area (TPSA) is 61.4 Å². The molecule has 0 aromatic heterocycles. The maximum absolute atomic E-state index is 13.3. The highest BCUT2D eigenvalue weighted by Crippen LogP contribution is 2.36. The Bertz CT molecular complexity index is 929. The van der Waals surface area contributed by atoms with Crippen LogP contribution in [0.3, 0.4) is 0 Å². The van der Waals surface area contributed by atoms with Crippen molar-refractivity contribution in [3.05, 3.63) is 59.1 Å². The number of nitrogens with zero attached hydrogens (tertiary/aromatic N) is 1. The molecule has 0 bridgehead atoms. The summed E-state index contributed by atoms with van der Waals surface area (Å²) in [5.74, 6) is -0.793. The number of nitrogens with one attached hydrogen (secondary N) is 2. The molecular formula is C22H23ClF3N3O2. The first-order chi connectivity index (χ1) is 14.6. The van der Waals surface area contributed by atoms with Crippen LogP contribution in [0.2, 0.25) is 5.02 Å². The lowest BCUT2D eigenvalue weighted by Crippen LogP contribution is -2.47. The summed E-state index contributed by atoms with van der Waals surface area (Å²) >= 11 is 5.68. The average molecular weight is 454 g/mol. The number of halogens is 4. The number of para-hydroxylation sites is 1. The number of carbonyl (C=O) groups is 2. The molecule has 2 aromatic carbocycles. The molecule has 166 valence electrons. The lowest BCUT2D eigenvalue weighted by Gasteiger charge is -2.34. The van der Waals surface area contributed by atoms with Gasteiger partial charge in [-0.15, -0.1) is 0 Å². The zero-order valence-corrected chi connectivity index (χ0v) is 17.6. The summed E-state index contributed by atoms with van der Waals surface area (Å²) in [5, 5.41) is 5.19. The number of anilines is 2. The third kappa shape index (κ3) is 5.98. The monoisotopic (exact) mass is 453 g/mol. The Morgan fingerprint density at radius 3 is 2.32 bits per heavy atom. The van der Waals surface area contributed by atoms with Gasteiger partial charge in [-0.05, 0) is 63.2 Å². The van der Waals surface area contributed by atoms with Crippen molar-refractivity contribution < 1.29 is 22.8 Å². The second-order valence-corrected chi connectivity index (χ2v) is 7.95. The fourth-order valence-corrected chi connectivity index (χ4v) is 3.75. The largest absolute Gasteiger partial charge is 0.418 e. The van der Waals surface area contributed by atoms with E-state index < -0.39 is 23.7 Å². The highest BCUT2D eigenvalue weighted by atomic mass is 35.5. The van der Waals surface area contributed by atoms with Gasteiger partial charge in [-0.25, -0.2) is 0 Å². The first kappa shape index (κ1) is 23.1. The van der Waals surface area contributed by atoms with Crippen LogP contribution in [-0.2, 0) is 15.8 Å². The summed E-state index contributed by atoms with van der Waals surface area (Å²) in [4.78, 5) is 26.9. The smallest absolute Gasteiger partial charge is 0.326 e. The molecule has 0 radical (unpaired) electrons. The number of benzene rings is 2. The van der Waals surface area contributed by atoms with Crippen LogP contribution >= 0.6 is 11.6 Å². The standard InChI is InChI=1S/C22H23ClF3N3O2/c1-14(20(30)28-19-8-7-16(23)13-18(19)22(24,25)26)29-11-9-15(10-12-29)21(31)27-17-5-3-2-4-6-17/h2-8,13-15H,9-12H2,1H3,(H,27,31)(H,28,30)/t14-/m0/s1. The van der Waals surface area contributed by atoms with E-state index in [0.717, 1.165) is 17.8 Å². The van der Waals surface area contributed by atoms with Crippen molar-refractivity contribution in [1.82, 2.24) is 4.90 Å². The number of hydrogen-bond acceptors (Lipinski definition) is 3. The van der Waals surface area contributed by atoms with Crippen molar-refractivity contribution in [2.24, 2.45) is 5.92 Å². The number of rotatable bonds is 5. The van der Waals surface area contributed by atoms with Gasteiger partial charge in [-0.2, -0.15) is 13.2 Å². The molecule has 1 aliphatic heterocycles. The van der Waals surface area contributed by atoms with Gasteiger partial charge in [0.05, 0.1) is 17.3 Å². The highest BCUT2D eigenvalue weighted by molar-refractivity contribution is 6.30. The maximum Gasteiger partial charge on any atom is 0.418 e. The maximum atomic E-state index is 13.3. The number of piperidine rings is 1. The van der Waals surface area contributed by atoms with E-state index in [2.05, 4.69) is 10.6 Å². The van der Waals surface area contributed by atoms with Gasteiger partial charge in [0.15, 0.2) is 0 Å². The molecular weight excluding hydrogens is 431 g/mol. The fourth-order valence-electron chi connectivity index (χ4n) is 3.58. The van der Waals surface area contributed by atoms with Gasteiger partial charge in [0.1, 0.15) is 0 Å². The quantitative estimate of drug-likeness (QED) is 0.667. The Kier molecular flexibility index (Phi) is 7.23. The molecule has 0 aliphatic carbocycles. The first-order valence-corrected chi connectivity index (χ1v) is 10.3. The van der Waals surface area contributed by atoms with Crippen molar-refractivity contribution in [2.45, 2.75) is 32.0 Å². The highest BCUT2D eigenvalue weighted by Gasteiger charge is 2.35. The van der Waals surface area contributed by atoms with Crippen LogP contribution in [0.25, 0.3) is 0 Å². The summed E-state index contributed by atoms with van der Waals surface area (Å²) in [6, 6.07) is 11.8. The van der Waals surface area contributed by atoms with Crippen molar-refractivity contribution >= 4 is 34.8 Å². The van der Waals surface area contributed by atoms with Gasteiger partial charge in [0.2, 0.25) is 11.8 Å². The zero-order chi connectivity index (χ0) is 22.6. The van der Waals surface area contributed by atoms with Crippen LogP contribution < -0.4 is 10.6 Å². The first-order valence-electron chi connectivity index (χ1n) is 9.92. The molecule has 0 saturated carbocycles. The summed E-state index contributed by atoms with van der Waals surface area (Å²) in [6.45, 7) is 2.63. The molecule has 2 aromatic rings. The summed E-state index contributed by atoms with van der Waals surface area (Å²) in [7, 11) is 0. The van der Waals surface area contributed by atoms with Gasteiger partial charge < -0.3 is 10.6 Å². The third-order valence-corrected chi connectivity index (χ3v) is 5.65. The fraction of sp³-hybridized carbons (Fsp3) is 0.364. The molecule has 31 heavy (non-hydrogen) atoms. The molecule has 2 amide bonds. The van der Waals surface area contributed by atoms with E-state index in [1.165, 1.54) is 6.07 Å². The minimum absolute atomic E-state index is 0.0609. The second kappa shape index (κ2) is 9.70.